The largest absolute Gasteiger partial charge is 0.504 e. The van der Waals surface area contributed by atoms with Crippen molar-refractivity contribution in [3.63, 3.8) is 0 Å². The third-order valence-electron chi connectivity index (χ3n) is 4.36. The van der Waals surface area contributed by atoms with E-state index >= 15 is 0 Å². The lowest BCUT2D eigenvalue weighted by molar-refractivity contribution is -0.298. The van der Waals surface area contributed by atoms with Crippen molar-refractivity contribution in [1.29, 1.82) is 5.26 Å². The number of phenolic OH excluding ortho intramolecular Hbond substituents is 1. The predicted octanol–water partition coefficient (Wildman–Crippen LogP) is -1.18. The average molecular weight is 425 g/mol. The lowest BCUT2D eigenvalue weighted by Gasteiger charge is -2.39. The first-order chi connectivity index (χ1) is 14.3. The van der Waals surface area contributed by atoms with Crippen LogP contribution < -0.4 is 4.74 Å². The number of nitrogens with zero attached hydrogens (tertiary/aromatic N) is 1. The number of hydrogen-bond donors (Lipinski definition) is 5. The minimum Gasteiger partial charge on any atom is -0.504 e. The molecule has 0 radical (unpaired) electrons. The molecule has 1 saturated heterocycles. The Morgan fingerprint density at radius 2 is 2.00 bits per heavy atom. The fourth-order valence-electron chi connectivity index (χ4n) is 2.62. The highest BCUT2D eigenvalue weighted by Gasteiger charge is 2.43. The summed E-state index contributed by atoms with van der Waals surface area (Å²) < 4.78 is 20.4. The van der Waals surface area contributed by atoms with Crippen molar-refractivity contribution in [3.8, 4) is 17.6 Å². The molecular formula is C19H23NO10. The molecule has 1 fully saturated rings. The van der Waals surface area contributed by atoms with Crippen LogP contribution in [0.25, 0.3) is 0 Å². The summed E-state index contributed by atoms with van der Waals surface area (Å²) in [5, 5.41) is 57.2. The monoisotopic (exact) mass is 425 g/mol. The molecule has 164 valence electrons. The zero-order chi connectivity index (χ0) is 22.3. The van der Waals surface area contributed by atoms with Crippen LogP contribution in [0.1, 0.15) is 10.4 Å². The number of rotatable bonds is 8. The van der Waals surface area contributed by atoms with Crippen LogP contribution in [-0.2, 0) is 14.2 Å². The van der Waals surface area contributed by atoms with Gasteiger partial charge in [-0.3, -0.25) is 0 Å². The number of aliphatic hydroxyl groups excluding tert-OH is 4. The van der Waals surface area contributed by atoms with Gasteiger partial charge in [-0.25, -0.2) is 4.79 Å². The van der Waals surface area contributed by atoms with Crippen LogP contribution in [-0.4, -0.2) is 89.1 Å². The lowest BCUT2D eigenvalue weighted by atomic mass is 9.99. The molecule has 0 unspecified atom stereocenters. The van der Waals surface area contributed by atoms with E-state index in [9.17, 15) is 25.2 Å². The summed E-state index contributed by atoms with van der Waals surface area (Å²) in [5.74, 6) is -0.797. The smallest absolute Gasteiger partial charge is 0.338 e. The predicted molar refractivity (Wildman–Crippen MR) is 98.4 cm³/mol. The summed E-state index contributed by atoms with van der Waals surface area (Å²) in [7, 11) is 1.33. The van der Waals surface area contributed by atoms with Gasteiger partial charge in [-0.2, -0.15) is 5.26 Å². The summed E-state index contributed by atoms with van der Waals surface area (Å²) in [5.41, 5.74) is 0.151. The van der Waals surface area contributed by atoms with E-state index in [0.29, 0.717) is 0 Å². The second-order valence-corrected chi connectivity index (χ2v) is 6.33. The van der Waals surface area contributed by atoms with E-state index < -0.39 is 43.3 Å². The summed E-state index contributed by atoms with van der Waals surface area (Å²) in [6.45, 7) is -1.20. The van der Waals surface area contributed by atoms with Crippen LogP contribution >= 0.6 is 0 Å². The number of methoxy groups -OCH3 is 1. The molecule has 1 heterocycles. The summed E-state index contributed by atoms with van der Waals surface area (Å²) in [6.07, 6.45) is -5.83. The van der Waals surface area contributed by atoms with Crippen molar-refractivity contribution < 1.29 is 49.3 Å². The molecule has 0 saturated carbocycles. The van der Waals surface area contributed by atoms with Crippen LogP contribution in [0, 0.1) is 11.3 Å². The van der Waals surface area contributed by atoms with E-state index in [0.717, 1.165) is 0 Å². The fraction of sp³-hybridized carbons (Fsp3) is 0.474. The van der Waals surface area contributed by atoms with E-state index in [1.807, 2.05) is 6.07 Å². The van der Waals surface area contributed by atoms with Gasteiger partial charge in [0.1, 0.15) is 31.0 Å². The zero-order valence-corrected chi connectivity index (χ0v) is 16.0. The highest BCUT2D eigenvalue weighted by molar-refractivity contribution is 5.90. The van der Waals surface area contributed by atoms with Crippen molar-refractivity contribution >= 4 is 5.97 Å². The van der Waals surface area contributed by atoms with E-state index in [4.69, 9.17) is 29.3 Å². The van der Waals surface area contributed by atoms with Crippen LogP contribution in [0.3, 0.4) is 0 Å². The topological polar surface area (TPSA) is 179 Å². The van der Waals surface area contributed by atoms with Crippen LogP contribution in [0.5, 0.6) is 11.5 Å². The lowest BCUT2D eigenvalue weighted by Crippen LogP contribution is -2.59. The number of carbonyl (C=O) groups is 1. The first-order valence-corrected chi connectivity index (χ1v) is 8.87. The number of carbonyl (C=O) groups excluding carboxylic acids is 1. The normalized spacial score (nSPS) is 26.7. The van der Waals surface area contributed by atoms with Crippen molar-refractivity contribution in [2.24, 2.45) is 0 Å². The van der Waals surface area contributed by atoms with Gasteiger partial charge in [-0.05, 0) is 24.3 Å². The maximum absolute atomic E-state index is 12.1. The van der Waals surface area contributed by atoms with E-state index in [2.05, 4.69) is 0 Å². The molecule has 1 aliphatic rings. The highest BCUT2D eigenvalue weighted by Crippen LogP contribution is 2.26. The SMILES string of the molecule is COc1cc(C(=O)OCC(C#N)=CCO[C@@H]2O[C@H](CO)[C@@H](O)[C@H](O)[C@H]2O)ccc1O. The van der Waals surface area contributed by atoms with E-state index in [-0.39, 0.29) is 35.8 Å². The van der Waals surface area contributed by atoms with E-state index in [1.54, 1.807) is 0 Å². The number of phenols is 1. The number of benzene rings is 1. The van der Waals surface area contributed by atoms with Crippen LogP contribution in [0.2, 0.25) is 0 Å². The molecule has 30 heavy (non-hydrogen) atoms. The summed E-state index contributed by atoms with van der Waals surface area (Å²) in [4.78, 5) is 12.1. The summed E-state index contributed by atoms with van der Waals surface area (Å²) in [6, 6.07) is 5.72. The molecule has 1 aliphatic heterocycles. The van der Waals surface area contributed by atoms with Gasteiger partial charge in [-0.15, -0.1) is 0 Å². The number of aromatic hydroxyl groups is 1. The zero-order valence-electron chi connectivity index (χ0n) is 16.0. The maximum Gasteiger partial charge on any atom is 0.338 e. The molecule has 1 aromatic rings. The first-order valence-electron chi connectivity index (χ1n) is 8.87. The van der Waals surface area contributed by atoms with Crippen molar-refractivity contribution in [2.75, 3.05) is 26.9 Å². The number of ether oxygens (including phenoxy) is 4. The second-order valence-electron chi connectivity index (χ2n) is 6.33. The Hall–Kier alpha value is -2.72. The minimum absolute atomic E-state index is 0.0404. The Bertz CT molecular complexity index is 803. The third kappa shape index (κ3) is 5.67. The van der Waals surface area contributed by atoms with Gasteiger partial charge >= 0.3 is 5.97 Å². The van der Waals surface area contributed by atoms with Crippen LogP contribution in [0.15, 0.2) is 29.8 Å². The van der Waals surface area contributed by atoms with Crippen molar-refractivity contribution in [3.05, 3.63) is 35.4 Å². The van der Waals surface area contributed by atoms with Gasteiger partial charge in [0.2, 0.25) is 0 Å². The minimum atomic E-state index is -1.58. The second kappa shape index (κ2) is 10.9. The Morgan fingerprint density at radius 1 is 1.27 bits per heavy atom. The van der Waals surface area contributed by atoms with E-state index in [1.165, 1.54) is 31.4 Å². The molecule has 11 nitrogen and oxygen atoms in total. The maximum atomic E-state index is 12.1. The van der Waals surface area contributed by atoms with Gasteiger partial charge in [0, 0.05) is 0 Å². The Balaban J connectivity index is 1.90. The first kappa shape index (κ1) is 23.6. The molecule has 1 aromatic carbocycles. The molecule has 0 aromatic heterocycles. The molecule has 5 N–H and O–H groups in total. The number of hydrogen-bond acceptors (Lipinski definition) is 11. The van der Waals surface area contributed by atoms with Crippen molar-refractivity contribution in [1.82, 2.24) is 0 Å². The Morgan fingerprint density at radius 3 is 2.63 bits per heavy atom. The Kier molecular flexibility index (Phi) is 8.55. The van der Waals surface area contributed by atoms with Gasteiger partial charge in [-0.1, -0.05) is 0 Å². The summed E-state index contributed by atoms with van der Waals surface area (Å²) >= 11 is 0. The van der Waals surface area contributed by atoms with Gasteiger partial charge < -0.3 is 44.5 Å². The quantitative estimate of drug-likeness (QED) is 0.250. The molecule has 11 heteroatoms. The van der Waals surface area contributed by atoms with Crippen molar-refractivity contribution in [2.45, 2.75) is 30.7 Å². The molecule has 5 atom stereocenters. The van der Waals surface area contributed by atoms with Gasteiger partial charge in [0.15, 0.2) is 17.8 Å². The highest BCUT2D eigenvalue weighted by atomic mass is 16.7. The molecule has 2 rings (SSSR count). The number of nitriles is 1. The third-order valence-corrected chi connectivity index (χ3v) is 4.36. The Labute approximate surface area is 171 Å². The van der Waals surface area contributed by atoms with Gasteiger partial charge in [0.05, 0.1) is 37.5 Å². The van der Waals surface area contributed by atoms with Gasteiger partial charge in [0.25, 0.3) is 0 Å². The average Bonchev–Trinajstić information content (AvgIpc) is 2.75. The standard InChI is InChI=1S/C19H23NO10/c1-27-13-6-11(2-3-12(13)22)18(26)29-9-10(7-20)4-5-28-19-17(25)16(24)15(23)14(8-21)30-19/h2-4,6,14-17,19,21-25H,5,8-9H2,1H3/t14-,15-,16+,17-,19-/m1/s1. The fourth-order valence-corrected chi connectivity index (χ4v) is 2.62. The molecule has 0 bridgehead atoms. The number of aliphatic hydroxyl groups is 4. The molecular weight excluding hydrogens is 402 g/mol. The molecule has 0 aliphatic carbocycles. The van der Waals surface area contributed by atoms with Crippen LogP contribution in [0.4, 0.5) is 0 Å². The molecule has 0 spiro atoms. The molecule has 0 amide bonds. The number of esters is 1.